The zero-order valence-corrected chi connectivity index (χ0v) is 18.7. The third kappa shape index (κ3) is 3.27. The molecule has 2 atom stereocenters. The van der Waals surface area contributed by atoms with Crippen molar-refractivity contribution in [1.82, 2.24) is 4.98 Å². The number of fused-ring (bicyclic) bond motifs is 2. The van der Waals surface area contributed by atoms with E-state index in [1.807, 2.05) is 18.3 Å². The zero-order valence-electron chi connectivity index (χ0n) is 18.7. The van der Waals surface area contributed by atoms with E-state index >= 15 is 0 Å². The summed E-state index contributed by atoms with van der Waals surface area (Å²) in [4.78, 5) is 4.56. The topological polar surface area (TPSA) is 12.9 Å². The molecule has 0 spiro atoms. The molecule has 1 nitrogen and oxygen atoms in total. The fraction of sp³-hybridized carbons (Fsp3) is 0.156. The summed E-state index contributed by atoms with van der Waals surface area (Å²) in [6.07, 6.45) is 12.3. The lowest BCUT2D eigenvalue weighted by Gasteiger charge is -2.41. The van der Waals surface area contributed by atoms with E-state index in [2.05, 4.69) is 108 Å². The van der Waals surface area contributed by atoms with Gasteiger partial charge in [-0.05, 0) is 65.1 Å². The first-order valence-corrected chi connectivity index (χ1v) is 11.9. The van der Waals surface area contributed by atoms with Crippen LogP contribution in [0.1, 0.15) is 35.1 Å². The quantitative estimate of drug-likeness (QED) is 0.330. The molecule has 0 bridgehead atoms. The average Bonchev–Trinajstić information content (AvgIpc) is 3.05. The van der Waals surface area contributed by atoms with Crippen molar-refractivity contribution >= 4 is 0 Å². The van der Waals surface area contributed by atoms with Crippen LogP contribution in [0.3, 0.4) is 0 Å². The lowest BCUT2D eigenvalue weighted by atomic mass is 9.61. The summed E-state index contributed by atoms with van der Waals surface area (Å²) in [5.41, 5.74) is 8.94. The standard InChI is InChI=1S/C32H27N/c1-2-12-27(13-3-1)32(28-21-19-26(20-22-28)31-16-8-9-23-33-31)29-14-6-4-10-24(29)17-18-25-11-5-7-15-30(25)32/h1-10,12-16,19-23,25H,11,17-18H2. The first kappa shape index (κ1) is 19.9. The van der Waals surface area contributed by atoms with Crippen molar-refractivity contribution in [2.24, 2.45) is 5.92 Å². The van der Waals surface area contributed by atoms with Gasteiger partial charge in [-0.3, -0.25) is 4.98 Å². The van der Waals surface area contributed by atoms with Gasteiger partial charge in [0.25, 0.3) is 0 Å². The Morgan fingerprint density at radius 1 is 0.727 bits per heavy atom. The third-order valence-electron chi connectivity index (χ3n) is 7.37. The van der Waals surface area contributed by atoms with Crippen LogP contribution in [-0.4, -0.2) is 4.98 Å². The van der Waals surface area contributed by atoms with E-state index in [0.29, 0.717) is 5.92 Å². The number of hydrogen-bond acceptors (Lipinski definition) is 1. The predicted octanol–water partition coefficient (Wildman–Crippen LogP) is 7.53. The highest BCUT2D eigenvalue weighted by Gasteiger charge is 2.45. The molecule has 0 amide bonds. The molecule has 6 rings (SSSR count). The van der Waals surface area contributed by atoms with Gasteiger partial charge < -0.3 is 0 Å². The Morgan fingerprint density at radius 3 is 2.30 bits per heavy atom. The number of nitrogens with zero attached hydrogens (tertiary/aromatic N) is 1. The van der Waals surface area contributed by atoms with Crippen molar-refractivity contribution in [3.8, 4) is 11.3 Å². The molecule has 1 heteroatoms. The van der Waals surface area contributed by atoms with Crippen LogP contribution in [0.5, 0.6) is 0 Å². The lowest BCUT2D eigenvalue weighted by Crippen LogP contribution is -2.35. The smallest absolute Gasteiger partial charge is 0.0701 e. The summed E-state index contributed by atoms with van der Waals surface area (Å²) in [6, 6.07) is 35.4. The predicted molar refractivity (Wildman–Crippen MR) is 136 cm³/mol. The van der Waals surface area contributed by atoms with Gasteiger partial charge in [0.15, 0.2) is 0 Å². The summed E-state index contributed by atoms with van der Waals surface area (Å²) in [7, 11) is 0. The van der Waals surface area contributed by atoms with Crippen LogP contribution in [0, 0.1) is 5.92 Å². The molecule has 2 aliphatic carbocycles. The van der Waals surface area contributed by atoms with Gasteiger partial charge in [-0.2, -0.15) is 0 Å². The summed E-state index contributed by atoms with van der Waals surface area (Å²) in [5, 5.41) is 0. The van der Waals surface area contributed by atoms with E-state index < -0.39 is 0 Å². The molecule has 3 aromatic carbocycles. The van der Waals surface area contributed by atoms with Gasteiger partial charge in [0.1, 0.15) is 0 Å². The minimum Gasteiger partial charge on any atom is -0.256 e. The highest BCUT2D eigenvalue weighted by molar-refractivity contribution is 5.66. The highest BCUT2D eigenvalue weighted by Crippen LogP contribution is 2.53. The fourth-order valence-corrected chi connectivity index (χ4v) is 5.90. The van der Waals surface area contributed by atoms with E-state index in [-0.39, 0.29) is 5.41 Å². The Balaban J connectivity index is 1.65. The minimum absolute atomic E-state index is 0.299. The van der Waals surface area contributed by atoms with E-state index in [1.165, 1.54) is 34.2 Å². The highest BCUT2D eigenvalue weighted by atomic mass is 14.7. The Labute approximate surface area is 196 Å². The number of aromatic nitrogens is 1. The summed E-state index contributed by atoms with van der Waals surface area (Å²) in [5.74, 6) is 0.540. The van der Waals surface area contributed by atoms with Gasteiger partial charge in [0, 0.05) is 11.8 Å². The molecule has 0 fully saturated rings. The molecule has 1 aromatic heterocycles. The van der Waals surface area contributed by atoms with Crippen molar-refractivity contribution in [2.75, 3.05) is 0 Å². The molecule has 4 aromatic rings. The van der Waals surface area contributed by atoms with Crippen LogP contribution < -0.4 is 0 Å². The molecule has 0 aliphatic heterocycles. The van der Waals surface area contributed by atoms with Crippen LogP contribution in [0.25, 0.3) is 11.3 Å². The van der Waals surface area contributed by atoms with Crippen molar-refractivity contribution in [2.45, 2.75) is 24.7 Å². The van der Waals surface area contributed by atoms with Crippen molar-refractivity contribution in [3.63, 3.8) is 0 Å². The molecule has 2 unspecified atom stereocenters. The summed E-state index contributed by atoms with van der Waals surface area (Å²) in [6.45, 7) is 0. The second-order valence-electron chi connectivity index (χ2n) is 9.09. The Bertz CT molecular complexity index is 1320. The summed E-state index contributed by atoms with van der Waals surface area (Å²) >= 11 is 0. The van der Waals surface area contributed by atoms with Crippen LogP contribution in [-0.2, 0) is 11.8 Å². The van der Waals surface area contributed by atoms with Crippen LogP contribution >= 0.6 is 0 Å². The van der Waals surface area contributed by atoms with E-state index in [0.717, 1.165) is 24.1 Å². The lowest BCUT2D eigenvalue weighted by molar-refractivity contribution is 0.519. The van der Waals surface area contributed by atoms with Gasteiger partial charge in [0.2, 0.25) is 0 Å². The Hall–Kier alpha value is -3.71. The number of pyridine rings is 1. The third-order valence-corrected chi connectivity index (χ3v) is 7.37. The Morgan fingerprint density at radius 2 is 1.48 bits per heavy atom. The SMILES string of the molecule is C1=CCC2CCc3ccccc3C(c3ccccc3)(c3ccc(-c4ccccn4)cc3)C2=C1. The van der Waals surface area contributed by atoms with Crippen molar-refractivity contribution in [3.05, 3.63) is 149 Å². The van der Waals surface area contributed by atoms with E-state index in [1.54, 1.807) is 0 Å². The first-order chi connectivity index (χ1) is 16.4. The molecule has 2 aliphatic rings. The molecule has 1 heterocycles. The summed E-state index contributed by atoms with van der Waals surface area (Å²) < 4.78 is 0. The molecular formula is C32H27N. The average molecular weight is 426 g/mol. The van der Waals surface area contributed by atoms with Gasteiger partial charge in [0.05, 0.1) is 11.1 Å². The second-order valence-corrected chi connectivity index (χ2v) is 9.09. The second kappa shape index (κ2) is 8.33. The molecule has 0 radical (unpaired) electrons. The first-order valence-electron chi connectivity index (χ1n) is 11.9. The van der Waals surface area contributed by atoms with Gasteiger partial charge in [-0.1, -0.05) is 103 Å². The fourth-order valence-electron chi connectivity index (χ4n) is 5.90. The normalized spacial score (nSPS) is 21.5. The maximum absolute atomic E-state index is 4.56. The maximum atomic E-state index is 4.56. The number of rotatable bonds is 3. The molecule has 0 N–H and O–H groups in total. The minimum atomic E-state index is -0.299. The van der Waals surface area contributed by atoms with Gasteiger partial charge in [-0.15, -0.1) is 0 Å². The largest absolute Gasteiger partial charge is 0.256 e. The van der Waals surface area contributed by atoms with Crippen LogP contribution in [0.4, 0.5) is 0 Å². The van der Waals surface area contributed by atoms with Crippen LogP contribution in [0.15, 0.2) is 127 Å². The number of benzene rings is 3. The molecule has 33 heavy (non-hydrogen) atoms. The molecule has 160 valence electrons. The Kier molecular flexibility index (Phi) is 5.03. The zero-order chi connectivity index (χ0) is 22.1. The number of allylic oxidation sites excluding steroid dienone is 4. The van der Waals surface area contributed by atoms with Crippen molar-refractivity contribution in [1.29, 1.82) is 0 Å². The molecule has 0 saturated carbocycles. The van der Waals surface area contributed by atoms with E-state index in [9.17, 15) is 0 Å². The maximum Gasteiger partial charge on any atom is 0.0701 e. The van der Waals surface area contributed by atoms with Gasteiger partial charge in [-0.25, -0.2) is 0 Å². The molecular weight excluding hydrogens is 398 g/mol. The van der Waals surface area contributed by atoms with Crippen molar-refractivity contribution < 1.29 is 0 Å². The number of aryl methyl sites for hydroxylation is 1. The van der Waals surface area contributed by atoms with E-state index in [4.69, 9.17) is 0 Å². The molecule has 0 saturated heterocycles. The van der Waals surface area contributed by atoms with Gasteiger partial charge >= 0.3 is 0 Å². The monoisotopic (exact) mass is 425 g/mol. The number of hydrogen-bond donors (Lipinski definition) is 0. The van der Waals surface area contributed by atoms with Crippen LogP contribution in [0.2, 0.25) is 0 Å².